The molecule has 1 heterocycles. The van der Waals surface area contributed by atoms with Crippen LogP contribution in [0.1, 0.15) is 32.7 Å². The number of aryl methyl sites for hydroxylation is 1. The number of benzene rings is 2. The van der Waals surface area contributed by atoms with Gasteiger partial charge in [-0.1, -0.05) is 16.8 Å². The lowest BCUT2D eigenvalue weighted by atomic mass is 10.1. The van der Waals surface area contributed by atoms with E-state index in [1.807, 2.05) is 0 Å². The number of rotatable bonds is 5. The molecule has 0 saturated carbocycles. The fourth-order valence-corrected chi connectivity index (χ4v) is 3.70. The normalized spacial score (nSPS) is 12.8. The number of amides is 1. The molecular formula is C22H18F6N4O2S. The molecule has 0 aliphatic rings. The maximum absolute atomic E-state index is 13.4. The summed E-state index contributed by atoms with van der Waals surface area (Å²) >= 11 is 0. The first-order chi connectivity index (χ1) is 16.2. The largest absolute Gasteiger partial charge is 0.437 e. The minimum atomic E-state index is -4.92. The van der Waals surface area contributed by atoms with Crippen molar-refractivity contribution in [2.45, 2.75) is 31.1 Å². The zero-order valence-electron chi connectivity index (χ0n) is 18.4. The number of halogens is 6. The summed E-state index contributed by atoms with van der Waals surface area (Å²) in [4.78, 5) is 13.6. The van der Waals surface area contributed by atoms with E-state index in [2.05, 4.69) is 15.5 Å². The molecule has 186 valence electrons. The average molecular weight is 516 g/mol. The van der Waals surface area contributed by atoms with Crippen LogP contribution in [-0.2, 0) is 23.0 Å². The van der Waals surface area contributed by atoms with Crippen LogP contribution in [0.15, 0.2) is 47.4 Å². The van der Waals surface area contributed by atoms with E-state index in [4.69, 9.17) is 9.52 Å². The molecule has 0 radical (unpaired) electrons. The Kier molecular flexibility index (Phi) is 7.20. The Morgan fingerprint density at radius 2 is 1.69 bits per heavy atom. The van der Waals surface area contributed by atoms with Crippen molar-refractivity contribution in [2.24, 2.45) is 0 Å². The lowest BCUT2D eigenvalue weighted by Crippen LogP contribution is -2.21. The molecule has 0 aliphatic carbocycles. The molecule has 2 aromatic carbocycles. The Hall–Kier alpha value is -3.48. The van der Waals surface area contributed by atoms with E-state index in [0.29, 0.717) is 4.90 Å². The van der Waals surface area contributed by atoms with Crippen LogP contribution in [0.5, 0.6) is 11.6 Å². The molecule has 0 aliphatic heterocycles. The molecule has 0 unspecified atom stereocenters. The molecule has 13 heteroatoms. The van der Waals surface area contributed by atoms with E-state index in [9.17, 15) is 31.1 Å². The van der Waals surface area contributed by atoms with Crippen LogP contribution < -0.4 is 10.1 Å². The van der Waals surface area contributed by atoms with Crippen LogP contribution in [0.2, 0.25) is 0 Å². The van der Waals surface area contributed by atoms with Crippen LogP contribution >= 0.6 is 0 Å². The number of hydrogen-bond donors (Lipinski definition) is 2. The second kappa shape index (κ2) is 9.64. The van der Waals surface area contributed by atoms with Gasteiger partial charge in [0.15, 0.2) is 5.69 Å². The molecule has 6 nitrogen and oxygen atoms in total. The van der Waals surface area contributed by atoms with Gasteiger partial charge < -0.3 is 10.1 Å². The number of aromatic nitrogens is 2. The molecule has 35 heavy (non-hydrogen) atoms. The second-order valence-corrected chi connectivity index (χ2v) is 8.92. The lowest BCUT2D eigenvalue weighted by molar-refractivity contribution is -0.142. The van der Waals surface area contributed by atoms with Crippen molar-refractivity contribution in [3.8, 4) is 11.6 Å². The first-order valence-electron chi connectivity index (χ1n) is 9.77. The average Bonchev–Trinajstić information content (AvgIpc) is 2.73. The number of ether oxygens (including phenoxy) is 1. The summed E-state index contributed by atoms with van der Waals surface area (Å²) in [5.41, 5.74) is -3.27. The smallest absolute Gasteiger partial charge is 0.435 e. The highest BCUT2D eigenvalue weighted by Gasteiger charge is 2.38. The van der Waals surface area contributed by atoms with Crippen molar-refractivity contribution in [1.29, 1.82) is 4.78 Å². The maximum atomic E-state index is 13.4. The third-order valence-corrected chi connectivity index (χ3v) is 5.80. The number of anilines is 1. The van der Waals surface area contributed by atoms with Crippen LogP contribution in [0.4, 0.5) is 32.0 Å². The molecule has 1 amide bonds. The predicted octanol–water partition coefficient (Wildman–Crippen LogP) is 6.55. The van der Waals surface area contributed by atoms with Crippen molar-refractivity contribution in [1.82, 2.24) is 10.2 Å². The Labute approximate surface area is 198 Å². The van der Waals surface area contributed by atoms with E-state index in [1.54, 1.807) is 18.4 Å². The van der Waals surface area contributed by atoms with Crippen molar-refractivity contribution in [3.63, 3.8) is 0 Å². The van der Waals surface area contributed by atoms with Crippen molar-refractivity contribution in [3.05, 3.63) is 70.4 Å². The third kappa shape index (κ3) is 5.96. The minimum Gasteiger partial charge on any atom is -0.437 e. The number of nitrogens with zero attached hydrogens (tertiary/aromatic N) is 2. The van der Waals surface area contributed by atoms with Crippen molar-refractivity contribution in [2.75, 3.05) is 11.6 Å². The number of hydrogen-bond acceptors (Lipinski definition) is 5. The van der Waals surface area contributed by atoms with Gasteiger partial charge in [-0.25, -0.2) is 0 Å². The van der Waals surface area contributed by atoms with E-state index < -0.39 is 57.2 Å². The first-order valence-corrected chi connectivity index (χ1v) is 11.4. The van der Waals surface area contributed by atoms with Crippen molar-refractivity contribution < 1.29 is 35.9 Å². The van der Waals surface area contributed by atoms with Gasteiger partial charge in [0.25, 0.3) is 11.8 Å². The highest BCUT2D eigenvalue weighted by Crippen LogP contribution is 2.37. The van der Waals surface area contributed by atoms with E-state index >= 15 is 0 Å². The zero-order valence-corrected chi connectivity index (χ0v) is 19.2. The van der Waals surface area contributed by atoms with Crippen LogP contribution in [0.25, 0.3) is 0 Å². The summed E-state index contributed by atoms with van der Waals surface area (Å²) in [6.07, 6.45) is -7.90. The van der Waals surface area contributed by atoms with E-state index in [0.717, 1.165) is 25.1 Å². The third-order valence-electron chi connectivity index (χ3n) is 4.83. The summed E-state index contributed by atoms with van der Waals surface area (Å²) in [6.45, 7) is 2.32. The van der Waals surface area contributed by atoms with Crippen LogP contribution in [0.3, 0.4) is 0 Å². The van der Waals surface area contributed by atoms with Crippen molar-refractivity contribution >= 4 is 22.3 Å². The Bertz CT molecular complexity index is 1310. The van der Waals surface area contributed by atoms with Gasteiger partial charge in [0.2, 0.25) is 0 Å². The summed E-state index contributed by atoms with van der Waals surface area (Å²) in [5.74, 6) is -1.75. The fourth-order valence-electron chi connectivity index (χ4n) is 3.11. The topological polar surface area (TPSA) is 88.0 Å². The summed E-state index contributed by atoms with van der Waals surface area (Å²) < 4.78 is 92.5. The van der Waals surface area contributed by atoms with E-state index in [-0.39, 0.29) is 17.0 Å². The highest BCUT2D eigenvalue weighted by molar-refractivity contribution is 7.85. The van der Waals surface area contributed by atoms with Gasteiger partial charge in [0, 0.05) is 10.6 Å². The van der Waals surface area contributed by atoms with Gasteiger partial charge in [0.1, 0.15) is 11.3 Å². The van der Waals surface area contributed by atoms with Gasteiger partial charge >= 0.3 is 12.4 Å². The van der Waals surface area contributed by atoms with Gasteiger partial charge in [0.05, 0.1) is 5.56 Å². The molecule has 3 rings (SSSR count). The number of alkyl halides is 6. The summed E-state index contributed by atoms with van der Waals surface area (Å²) in [5, 5.41) is 9.02. The predicted molar refractivity (Wildman–Crippen MR) is 117 cm³/mol. The van der Waals surface area contributed by atoms with Gasteiger partial charge in [-0.15, -0.1) is 10.2 Å². The standard InChI is InChI=1S/C22H18F6N4O2S/c1-11-9-13(21(23,24)25)7-8-16(11)34-20-17(12(2)18(31-32-20)22(26,27)28)19(33)30-14-5-4-6-15(10-14)35(3)29/h4-10,29H,1-3H3,(H,30,33)/t35-/m1/s1. The molecule has 0 spiro atoms. The molecule has 2 N–H and O–H groups in total. The van der Waals surface area contributed by atoms with Crippen LogP contribution in [-0.4, -0.2) is 22.4 Å². The zero-order chi connectivity index (χ0) is 26.1. The van der Waals surface area contributed by atoms with Gasteiger partial charge in [-0.3, -0.25) is 9.57 Å². The Morgan fingerprint density at radius 3 is 2.26 bits per heavy atom. The van der Waals surface area contributed by atoms with Crippen LogP contribution in [0, 0.1) is 18.6 Å². The molecule has 1 aromatic heterocycles. The van der Waals surface area contributed by atoms with Gasteiger partial charge in [-0.2, -0.15) is 26.3 Å². The molecule has 3 aromatic rings. The fraction of sp³-hybridized carbons (Fsp3) is 0.227. The molecular weight excluding hydrogens is 498 g/mol. The SMILES string of the molecule is Cc1cc(C(F)(F)F)ccc1Oc1nnc(C(F)(F)F)c(C)c1C(=O)Nc1cccc([S@@](C)=N)c1. The summed E-state index contributed by atoms with van der Waals surface area (Å²) in [7, 11) is -0.888. The molecule has 0 bridgehead atoms. The Balaban J connectivity index is 2.06. The maximum Gasteiger partial charge on any atom is 0.435 e. The molecule has 0 saturated heterocycles. The molecule has 0 fully saturated rings. The Morgan fingerprint density at radius 1 is 1.00 bits per heavy atom. The highest BCUT2D eigenvalue weighted by atomic mass is 32.2. The minimum absolute atomic E-state index is 0.0173. The molecule has 1 atom stereocenters. The monoisotopic (exact) mass is 516 g/mol. The number of nitrogens with one attached hydrogen (secondary N) is 2. The number of carbonyl (C=O) groups is 1. The van der Waals surface area contributed by atoms with Gasteiger partial charge in [-0.05, 0) is 67.6 Å². The second-order valence-electron chi connectivity index (χ2n) is 7.42. The summed E-state index contributed by atoms with van der Waals surface area (Å²) in [6, 6.07) is 8.75. The van der Waals surface area contributed by atoms with E-state index in [1.165, 1.54) is 19.1 Å². The quantitative estimate of drug-likeness (QED) is 0.377. The lowest BCUT2D eigenvalue weighted by Gasteiger charge is -2.17. The number of carbonyl (C=O) groups excluding carboxylic acids is 1. The first kappa shape index (κ1) is 26.1.